The summed E-state index contributed by atoms with van der Waals surface area (Å²) in [6.07, 6.45) is 0. The van der Waals surface area contributed by atoms with Gasteiger partial charge in [0.2, 0.25) is 0 Å². The number of hydrogen-bond acceptors (Lipinski definition) is 4. The summed E-state index contributed by atoms with van der Waals surface area (Å²) < 4.78 is 0. The zero-order chi connectivity index (χ0) is 12.5. The first kappa shape index (κ1) is 11.7. The summed E-state index contributed by atoms with van der Waals surface area (Å²) in [4.78, 5) is 32.5. The van der Waals surface area contributed by atoms with Gasteiger partial charge in [0.05, 0.1) is 11.1 Å². The molecule has 16 heavy (non-hydrogen) atoms. The second-order valence-corrected chi connectivity index (χ2v) is 3.09. The standard InChI is InChI=1S/C10H8O6/c1-4(11)6-2-5(9(13)14)3-7(8(6)12)10(15)16/h2-3,12H,1H3,(H,13,14)(H,15,16). The molecule has 0 aliphatic carbocycles. The van der Waals surface area contributed by atoms with Crippen molar-refractivity contribution in [2.24, 2.45) is 0 Å². The number of rotatable bonds is 3. The summed E-state index contributed by atoms with van der Waals surface area (Å²) in [5.41, 5.74) is -1.29. The second-order valence-electron chi connectivity index (χ2n) is 3.09. The van der Waals surface area contributed by atoms with Crippen molar-refractivity contribution in [3.8, 4) is 5.75 Å². The van der Waals surface area contributed by atoms with Gasteiger partial charge in [-0.25, -0.2) is 9.59 Å². The fraction of sp³-hybridized carbons (Fsp3) is 0.100. The van der Waals surface area contributed by atoms with Crippen LogP contribution in [0.25, 0.3) is 0 Å². The van der Waals surface area contributed by atoms with Crippen LogP contribution in [0.1, 0.15) is 38.0 Å². The molecule has 3 N–H and O–H groups in total. The number of carbonyl (C=O) groups excluding carboxylic acids is 1. The molecule has 0 aromatic heterocycles. The lowest BCUT2D eigenvalue weighted by molar-refractivity contribution is 0.0693. The molecule has 1 aromatic carbocycles. The molecule has 6 heteroatoms. The van der Waals surface area contributed by atoms with E-state index in [4.69, 9.17) is 10.2 Å². The molecule has 0 aliphatic rings. The predicted molar refractivity (Wildman–Crippen MR) is 52.0 cm³/mol. The van der Waals surface area contributed by atoms with Gasteiger partial charge >= 0.3 is 11.9 Å². The molecular weight excluding hydrogens is 216 g/mol. The van der Waals surface area contributed by atoms with E-state index in [-0.39, 0.29) is 11.1 Å². The average molecular weight is 224 g/mol. The number of benzene rings is 1. The van der Waals surface area contributed by atoms with Crippen LogP contribution in [0, 0.1) is 0 Å². The highest BCUT2D eigenvalue weighted by molar-refractivity contribution is 6.04. The molecule has 0 atom stereocenters. The van der Waals surface area contributed by atoms with Gasteiger partial charge < -0.3 is 15.3 Å². The van der Waals surface area contributed by atoms with Gasteiger partial charge in [0, 0.05) is 0 Å². The Kier molecular flexibility index (Phi) is 2.94. The maximum Gasteiger partial charge on any atom is 0.339 e. The zero-order valence-corrected chi connectivity index (χ0v) is 8.22. The lowest BCUT2D eigenvalue weighted by Crippen LogP contribution is -2.07. The molecule has 0 unspecified atom stereocenters. The summed E-state index contributed by atoms with van der Waals surface area (Å²) in [6.45, 7) is 1.10. The molecular formula is C10H8O6. The van der Waals surface area contributed by atoms with E-state index in [1.54, 1.807) is 0 Å². The summed E-state index contributed by atoms with van der Waals surface area (Å²) in [5.74, 6) is -4.19. The largest absolute Gasteiger partial charge is 0.506 e. The molecule has 0 heterocycles. The zero-order valence-electron chi connectivity index (χ0n) is 8.22. The number of carboxylic acids is 2. The molecule has 1 rings (SSSR count). The number of Topliss-reactive ketones (excluding diaryl/α,β-unsaturated/α-hetero) is 1. The Morgan fingerprint density at radius 1 is 1.00 bits per heavy atom. The van der Waals surface area contributed by atoms with Gasteiger partial charge in [-0.05, 0) is 19.1 Å². The molecule has 0 spiro atoms. The van der Waals surface area contributed by atoms with E-state index in [1.165, 1.54) is 0 Å². The minimum absolute atomic E-state index is 0.322. The van der Waals surface area contributed by atoms with Gasteiger partial charge in [0.15, 0.2) is 5.78 Å². The Hall–Kier alpha value is -2.37. The lowest BCUT2D eigenvalue weighted by atomic mass is 10.0. The van der Waals surface area contributed by atoms with Gasteiger partial charge in [-0.3, -0.25) is 4.79 Å². The van der Waals surface area contributed by atoms with Gasteiger partial charge in [-0.1, -0.05) is 0 Å². The van der Waals surface area contributed by atoms with Gasteiger partial charge in [-0.2, -0.15) is 0 Å². The van der Waals surface area contributed by atoms with Crippen LogP contribution in [0.3, 0.4) is 0 Å². The number of ketones is 1. The minimum atomic E-state index is -1.50. The van der Waals surface area contributed by atoms with Crippen LogP contribution in [0.2, 0.25) is 0 Å². The van der Waals surface area contributed by atoms with Gasteiger partial charge in [0.1, 0.15) is 11.3 Å². The highest BCUT2D eigenvalue weighted by atomic mass is 16.4. The first-order chi connectivity index (χ1) is 7.34. The normalized spacial score (nSPS) is 9.81. The SMILES string of the molecule is CC(=O)c1cc(C(=O)O)cc(C(=O)O)c1O. The van der Waals surface area contributed by atoms with Gasteiger partial charge in [0.25, 0.3) is 0 Å². The van der Waals surface area contributed by atoms with Crippen molar-refractivity contribution < 1.29 is 29.7 Å². The first-order valence-corrected chi connectivity index (χ1v) is 4.19. The molecule has 0 radical (unpaired) electrons. The fourth-order valence-electron chi connectivity index (χ4n) is 1.19. The van der Waals surface area contributed by atoms with Crippen molar-refractivity contribution in [1.29, 1.82) is 0 Å². The maximum absolute atomic E-state index is 11.1. The maximum atomic E-state index is 11.1. The van der Waals surface area contributed by atoms with Crippen LogP contribution >= 0.6 is 0 Å². The smallest absolute Gasteiger partial charge is 0.339 e. The van der Waals surface area contributed by atoms with Crippen molar-refractivity contribution in [3.63, 3.8) is 0 Å². The van der Waals surface area contributed by atoms with Crippen LogP contribution in [0.4, 0.5) is 0 Å². The Labute approximate surface area is 89.8 Å². The van der Waals surface area contributed by atoms with Crippen molar-refractivity contribution in [3.05, 3.63) is 28.8 Å². The topological polar surface area (TPSA) is 112 Å². The lowest BCUT2D eigenvalue weighted by Gasteiger charge is -2.06. The van der Waals surface area contributed by atoms with Crippen LogP contribution < -0.4 is 0 Å². The highest BCUT2D eigenvalue weighted by Gasteiger charge is 2.20. The quantitative estimate of drug-likeness (QED) is 0.660. The molecule has 0 saturated carbocycles. The number of carboxylic acid groups (broad SMARTS) is 2. The summed E-state index contributed by atoms with van der Waals surface area (Å²) in [7, 11) is 0. The highest BCUT2D eigenvalue weighted by Crippen LogP contribution is 2.25. The minimum Gasteiger partial charge on any atom is -0.506 e. The van der Waals surface area contributed by atoms with E-state index in [9.17, 15) is 19.5 Å². The molecule has 6 nitrogen and oxygen atoms in total. The van der Waals surface area contributed by atoms with E-state index in [2.05, 4.69) is 0 Å². The third-order valence-electron chi connectivity index (χ3n) is 1.97. The fourth-order valence-corrected chi connectivity index (χ4v) is 1.19. The van der Waals surface area contributed by atoms with Crippen LogP contribution in [0.5, 0.6) is 5.75 Å². The Morgan fingerprint density at radius 3 is 1.88 bits per heavy atom. The number of aromatic hydroxyl groups is 1. The second kappa shape index (κ2) is 4.01. The van der Waals surface area contributed by atoms with Crippen molar-refractivity contribution in [2.75, 3.05) is 0 Å². The van der Waals surface area contributed by atoms with Crippen molar-refractivity contribution in [2.45, 2.75) is 6.92 Å². The van der Waals surface area contributed by atoms with E-state index >= 15 is 0 Å². The van der Waals surface area contributed by atoms with Crippen LogP contribution in [-0.4, -0.2) is 33.0 Å². The summed E-state index contributed by atoms with van der Waals surface area (Å²) in [6, 6.07) is 1.74. The molecule has 0 amide bonds. The van der Waals surface area contributed by atoms with E-state index in [1.807, 2.05) is 0 Å². The Balaban J connectivity index is 3.57. The van der Waals surface area contributed by atoms with Crippen molar-refractivity contribution in [1.82, 2.24) is 0 Å². The number of hydrogen-bond donors (Lipinski definition) is 3. The third-order valence-corrected chi connectivity index (χ3v) is 1.97. The molecule has 0 saturated heterocycles. The monoisotopic (exact) mass is 224 g/mol. The molecule has 84 valence electrons. The van der Waals surface area contributed by atoms with Crippen LogP contribution in [-0.2, 0) is 0 Å². The number of phenols is 1. The van der Waals surface area contributed by atoms with Crippen molar-refractivity contribution >= 4 is 17.7 Å². The summed E-state index contributed by atoms with van der Waals surface area (Å²) >= 11 is 0. The summed E-state index contributed by atoms with van der Waals surface area (Å²) in [5, 5.41) is 26.9. The van der Waals surface area contributed by atoms with E-state index < -0.39 is 29.0 Å². The molecule has 0 fully saturated rings. The van der Waals surface area contributed by atoms with E-state index in [0.29, 0.717) is 0 Å². The Bertz CT molecular complexity index is 453. The molecule has 0 bridgehead atoms. The predicted octanol–water partition coefficient (Wildman–Crippen LogP) is 0.991. The number of carbonyl (C=O) groups is 3. The average Bonchev–Trinajstić information content (AvgIpc) is 2.16. The Morgan fingerprint density at radius 2 is 1.50 bits per heavy atom. The van der Waals surface area contributed by atoms with Gasteiger partial charge in [-0.15, -0.1) is 0 Å². The van der Waals surface area contributed by atoms with Crippen LogP contribution in [0.15, 0.2) is 12.1 Å². The molecule has 0 aliphatic heterocycles. The first-order valence-electron chi connectivity index (χ1n) is 4.19. The number of aromatic carboxylic acids is 2. The van der Waals surface area contributed by atoms with E-state index in [0.717, 1.165) is 19.1 Å². The third kappa shape index (κ3) is 2.00. The molecule has 1 aromatic rings.